The first-order chi connectivity index (χ1) is 13.0. The number of rotatable bonds is 4. The van der Waals surface area contributed by atoms with Crippen molar-refractivity contribution in [2.45, 2.75) is 4.90 Å². The van der Waals surface area contributed by atoms with Crippen LogP contribution in [-0.4, -0.2) is 25.0 Å². The molecule has 0 spiro atoms. The molecule has 8 heteroatoms. The van der Waals surface area contributed by atoms with Crippen molar-refractivity contribution in [2.75, 3.05) is 0 Å². The van der Waals surface area contributed by atoms with Gasteiger partial charge in [-0.1, -0.05) is 42.5 Å². The van der Waals surface area contributed by atoms with Gasteiger partial charge in [-0.2, -0.15) is 4.57 Å². The van der Waals surface area contributed by atoms with Gasteiger partial charge in [-0.3, -0.25) is 14.3 Å². The number of fused-ring (bicyclic) bond motifs is 1. The van der Waals surface area contributed by atoms with Crippen molar-refractivity contribution in [3.05, 3.63) is 90.1 Å². The molecule has 1 aliphatic rings. The number of allylic oxidation sites excluding steroid dienone is 2. The molecule has 0 aliphatic heterocycles. The van der Waals surface area contributed by atoms with E-state index in [-0.39, 0.29) is 27.4 Å². The molecule has 2 aromatic carbocycles. The van der Waals surface area contributed by atoms with E-state index in [9.17, 15) is 18.0 Å². The van der Waals surface area contributed by atoms with Crippen LogP contribution in [0.15, 0.2) is 83.9 Å². The fraction of sp³-hybridized carbons (Fsp3) is 0. The molecule has 1 heterocycles. The van der Waals surface area contributed by atoms with Crippen molar-refractivity contribution < 1.29 is 22.6 Å². The fourth-order valence-electron chi connectivity index (χ4n) is 2.93. The van der Waals surface area contributed by atoms with E-state index >= 15 is 0 Å². The Morgan fingerprint density at radius 3 is 2.11 bits per heavy atom. The molecule has 0 saturated carbocycles. The van der Waals surface area contributed by atoms with E-state index in [1.807, 2.05) is 0 Å². The van der Waals surface area contributed by atoms with Gasteiger partial charge in [0, 0.05) is 11.1 Å². The Bertz CT molecular complexity index is 1180. The minimum Gasteiger partial charge on any atom is -0.287 e. The number of aromatic amines is 1. The maximum Gasteiger partial charge on any atom is 0.262 e. The first-order valence-electron chi connectivity index (χ1n) is 8.04. The third-order valence-corrected chi connectivity index (χ3v) is 5.55. The number of nitrogens with one attached hydrogen (secondary N) is 2. The predicted octanol–water partition coefficient (Wildman–Crippen LogP) is 1.53. The third kappa shape index (κ3) is 2.85. The summed E-state index contributed by atoms with van der Waals surface area (Å²) in [6.45, 7) is 0. The van der Waals surface area contributed by atoms with Crippen molar-refractivity contribution in [1.29, 1.82) is 0 Å². The van der Waals surface area contributed by atoms with Gasteiger partial charge in [0.15, 0.2) is 0 Å². The standard InChI is InChI=1S/C19H13N3O4S/c23-18-14-8-4-5-9-15(14)19(24)17(22-11-10-20-12-22)16(18)21-27(25,26)13-6-2-1-3-7-13/h1-12H,(H,21,24)/p+1. The van der Waals surface area contributed by atoms with E-state index in [2.05, 4.69) is 9.71 Å². The molecule has 2 N–H and O–H groups in total. The third-order valence-electron chi connectivity index (χ3n) is 4.19. The van der Waals surface area contributed by atoms with Crippen LogP contribution in [0.5, 0.6) is 0 Å². The molecule has 0 amide bonds. The summed E-state index contributed by atoms with van der Waals surface area (Å²) in [5.74, 6) is -1.01. The highest BCUT2D eigenvalue weighted by atomic mass is 32.2. The zero-order valence-corrected chi connectivity index (χ0v) is 14.7. The molecule has 7 nitrogen and oxygen atoms in total. The van der Waals surface area contributed by atoms with Crippen molar-refractivity contribution in [1.82, 2.24) is 9.71 Å². The molecule has 3 aromatic rings. The summed E-state index contributed by atoms with van der Waals surface area (Å²) >= 11 is 0. The van der Waals surface area contributed by atoms with Gasteiger partial charge in [-0.25, -0.2) is 13.4 Å². The smallest absolute Gasteiger partial charge is 0.262 e. The number of H-pyrrole nitrogens is 1. The number of sulfonamides is 1. The van der Waals surface area contributed by atoms with Crippen LogP contribution in [0.1, 0.15) is 20.7 Å². The molecule has 134 valence electrons. The maximum absolute atomic E-state index is 13.0. The Labute approximate surface area is 155 Å². The maximum atomic E-state index is 13.0. The molecule has 0 unspecified atom stereocenters. The number of carbonyl (C=O) groups is 2. The number of imidazole rings is 1. The van der Waals surface area contributed by atoms with Crippen LogP contribution in [0.3, 0.4) is 0 Å². The Balaban J connectivity index is 1.90. The van der Waals surface area contributed by atoms with E-state index in [0.29, 0.717) is 0 Å². The largest absolute Gasteiger partial charge is 0.287 e. The highest BCUT2D eigenvalue weighted by Gasteiger charge is 2.38. The molecule has 0 saturated heterocycles. The lowest BCUT2D eigenvalue weighted by molar-refractivity contribution is -0.575. The van der Waals surface area contributed by atoms with Gasteiger partial charge in [0.25, 0.3) is 10.0 Å². The van der Waals surface area contributed by atoms with Crippen LogP contribution >= 0.6 is 0 Å². The summed E-state index contributed by atoms with van der Waals surface area (Å²) in [6.07, 6.45) is 4.56. The Morgan fingerprint density at radius 1 is 0.852 bits per heavy atom. The van der Waals surface area contributed by atoms with Crippen LogP contribution in [0.4, 0.5) is 0 Å². The van der Waals surface area contributed by atoms with Gasteiger partial charge in [0.2, 0.25) is 23.6 Å². The summed E-state index contributed by atoms with van der Waals surface area (Å²) in [6, 6.07) is 14.0. The average Bonchev–Trinajstić information content (AvgIpc) is 3.21. The number of hydrogen-bond donors (Lipinski definition) is 2. The predicted molar refractivity (Wildman–Crippen MR) is 96.1 cm³/mol. The second-order valence-corrected chi connectivity index (χ2v) is 7.55. The molecular weight excluding hydrogens is 366 g/mol. The van der Waals surface area contributed by atoms with Crippen LogP contribution in [0.2, 0.25) is 0 Å². The zero-order valence-electron chi connectivity index (χ0n) is 13.9. The number of Topliss-reactive ketones (excluding diaryl/α,β-unsaturated/α-hetero) is 2. The van der Waals surface area contributed by atoms with E-state index in [1.165, 1.54) is 35.3 Å². The summed E-state index contributed by atoms with van der Waals surface area (Å²) in [5.41, 5.74) is 0.0496. The van der Waals surface area contributed by atoms with Crippen LogP contribution in [0, 0.1) is 0 Å². The fourth-order valence-corrected chi connectivity index (χ4v) is 4.02. The lowest BCUT2D eigenvalue weighted by Gasteiger charge is -2.19. The van der Waals surface area contributed by atoms with E-state index in [4.69, 9.17) is 0 Å². The summed E-state index contributed by atoms with van der Waals surface area (Å²) in [4.78, 5) is 28.8. The molecule has 4 rings (SSSR count). The Morgan fingerprint density at radius 2 is 1.48 bits per heavy atom. The topological polar surface area (TPSA) is 100.0 Å². The van der Waals surface area contributed by atoms with Gasteiger partial charge in [-0.05, 0) is 12.1 Å². The average molecular weight is 380 g/mol. The number of hydrogen-bond acceptors (Lipinski definition) is 4. The quantitative estimate of drug-likeness (QED) is 0.671. The molecular formula is C19H14N3O4S+. The summed E-state index contributed by atoms with van der Waals surface area (Å²) < 4.78 is 29.2. The molecule has 0 fully saturated rings. The SMILES string of the molecule is O=C1C(NS(=O)(=O)c2ccccc2)=C([n+]2cc[nH]c2)C(=O)c2ccccc21. The molecule has 1 aliphatic carbocycles. The number of aromatic nitrogens is 2. The van der Waals surface area contributed by atoms with Gasteiger partial charge < -0.3 is 0 Å². The lowest BCUT2D eigenvalue weighted by Crippen LogP contribution is -2.43. The van der Waals surface area contributed by atoms with E-state index in [1.54, 1.807) is 42.6 Å². The van der Waals surface area contributed by atoms with Gasteiger partial charge >= 0.3 is 0 Å². The normalized spacial score (nSPS) is 14.2. The van der Waals surface area contributed by atoms with Crippen molar-refractivity contribution >= 4 is 27.3 Å². The van der Waals surface area contributed by atoms with E-state index in [0.717, 1.165) is 0 Å². The van der Waals surface area contributed by atoms with Crippen molar-refractivity contribution in [3.63, 3.8) is 0 Å². The number of nitrogens with zero attached hydrogens (tertiary/aromatic N) is 1. The minimum absolute atomic E-state index is 0.00461. The van der Waals surface area contributed by atoms with E-state index < -0.39 is 21.6 Å². The number of benzene rings is 2. The lowest BCUT2D eigenvalue weighted by atomic mass is 9.90. The van der Waals surface area contributed by atoms with Crippen LogP contribution < -0.4 is 9.29 Å². The summed E-state index contributed by atoms with van der Waals surface area (Å²) in [5, 5.41) is 0. The first kappa shape index (κ1) is 16.9. The van der Waals surface area contributed by atoms with Crippen LogP contribution in [0.25, 0.3) is 5.70 Å². The monoisotopic (exact) mass is 380 g/mol. The summed E-state index contributed by atoms with van der Waals surface area (Å²) in [7, 11) is -4.05. The van der Waals surface area contributed by atoms with Crippen molar-refractivity contribution in [2.24, 2.45) is 0 Å². The Hall–Kier alpha value is -3.52. The second kappa shape index (κ2) is 6.33. The number of carbonyl (C=O) groups excluding carboxylic acids is 2. The second-order valence-electron chi connectivity index (χ2n) is 5.86. The van der Waals surface area contributed by atoms with Gasteiger partial charge in [0.05, 0.1) is 4.90 Å². The highest BCUT2D eigenvalue weighted by molar-refractivity contribution is 7.89. The minimum atomic E-state index is -4.05. The molecule has 0 bridgehead atoms. The zero-order chi connectivity index (χ0) is 19.0. The first-order valence-corrected chi connectivity index (χ1v) is 9.52. The Kier molecular flexibility index (Phi) is 3.97. The van der Waals surface area contributed by atoms with Crippen LogP contribution in [-0.2, 0) is 10.0 Å². The van der Waals surface area contributed by atoms with Gasteiger partial charge in [-0.15, -0.1) is 0 Å². The van der Waals surface area contributed by atoms with Gasteiger partial charge in [0.1, 0.15) is 18.1 Å². The highest BCUT2D eigenvalue weighted by Crippen LogP contribution is 2.26. The molecule has 0 atom stereocenters. The molecule has 27 heavy (non-hydrogen) atoms. The molecule has 0 radical (unpaired) electrons. The molecule has 1 aromatic heterocycles. The number of ketones is 2. The van der Waals surface area contributed by atoms with Crippen molar-refractivity contribution in [3.8, 4) is 0 Å².